The summed E-state index contributed by atoms with van der Waals surface area (Å²) in [6, 6.07) is 11.4. The van der Waals surface area contributed by atoms with Crippen molar-refractivity contribution in [2.24, 2.45) is 5.41 Å². The number of alkyl carbamates (subject to hydrolysis) is 1. The second kappa shape index (κ2) is 15.1. The first-order chi connectivity index (χ1) is 21.0. The largest absolute Gasteiger partial charge is 0.481 e. The highest BCUT2D eigenvalue weighted by Gasteiger charge is 2.32. The summed E-state index contributed by atoms with van der Waals surface area (Å²) in [5.41, 5.74) is 0.0648. The molecule has 0 spiro atoms. The molecule has 2 atom stereocenters. The van der Waals surface area contributed by atoms with Gasteiger partial charge in [0.25, 0.3) is 0 Å². The van der Waals surface area contributed by atoms with Gasteiger partial charge in [0.1, 0.15) is 29.1 Å². The molecule has 4 N–H and O–H groups in total. The molecule has 0 fully saturated rings. The Bertz CT molecular complexity index is 1460. The van der Waals surface area contributed by atoms with Gasteiger partial charge in [-0.3, -0.25) is 9.59 Å². The fraction of sp³-hybridized carbons (Fsp3) is 0.455. The summed E-state index contributed by atoms with van der Waals surface area (Å²) < 4.78 is 36.2. The summed E-state index contributed by atoms with van der Waals surface area (Å²) in [7, 11) is 0. The Morgan fingerprint density at radius 3 is 2.31 bits per heavy atom. The first kappa shape index (κ1) is 35.2. The first-order valence-corrected chi connectivity index (χ1v) is 14.8. The molecule has 0 bridgehead atoms. The zero-order chi connectivity index (χ0) is 33.4. The van der Waals surface area contributed by atoms with E-state index in [2.05, 4.69) is 16.0 Å². The number of carbonyl (C=O) groups excluding carboxylic acids is 2. The molecule has 244 valence electrons. The maximum atomic E-state index is 14.8. The number of carboxylic acid groups (broad SMARTS) is 1. The van der Waals surface area contributed by atoms with E-state index in [1.54, 1.807) is 27.0 Å². The van der Waals surface area contributed by atoms with Crippen molar-refractivity contribution in [1.29, 1.82) is 0 Å². The molecule has 45 heavy (non-hydrogen) atoms. The van der Waals surface area contributed by atoms with E-state index < -0.39 is 52.7 Å². The van der Waals surface area contributed by atoms with E-state index in [4.69, 9.17) is 14.8 Å². The van der Waals surface area contributed by atoms with Crippen LogP contribution in [0, 0.1) is 17.0 Å². The number of nitrogens with one attached hydrogen (secondary N) is 3. The van der Waals surface area contributed by atoms with Crippen LogP contribution < -0.4 is 16.0 Å². The van der Waals surface area contributed by atoms with Crippen LogP contribution in [-0.2, 0) is 20.9 Å². The number of rotatable bonds is 13. The maximum Gasteiger partial charge on any atom is 0.408 e. The van der Waals surface area contributed by atoms with E-state index in [0.29, 0.717) is 12.4 Å². The normalized spacial score (nSPS) is 13.2. The number of aliphatic carboxylic acids is 1. The van der Waals surface area contributed by atoms with Crippen molar-refractivity contribution in [3.63, 3.8) is 0 Å². The number of ether oxygens (including phenoxy) is 1. The predicted molar refractivity (Wildman–Crippen MR) is 166 cm³/mol. The van der Waals surface area contributed by atoms with Crippen LogP contribution in [0.1, 0.15) is 71.8 Å². The van der Waals surface area contributed by atoms with Gasteiger partial charge >= 0.3 is 12.1 Å². The van der Waals surface area contributed by atoms with Gasteiger partial charge in [0.2, 0.25) is 5.91 Å². The topological polar surface area (TPSA) is 135 Å². The summed E-state index contributed by atoms with van der Waals surface area (Å²) in [5, 5.41) is 17.5. The second-order valence-corrected chi connectivity index (χ2v) is 12.9. The smallest absolute Gasteiger partial charge is 0.408 e. The Labute approximate surface area is 262 Å². The third kappa shape index (κ3) is 11.0. The molecule has 0 unspecified atom stereocenters. The predicted octanol–water partition coefficient (Wildman–Crippen LogP) is 5.43. The third-order valence-electron chi connectivity index (χ3n) is 6.76. The van der Waals surface area contributed by atoms with Crippen LogP contribution in [0.2, 0.25) is 0 Å². The zero-order valence-corrected chi connectivity index (χ0v) is 26.6. The number of hydrogen-bond acceptors (Lipinski definition) is 6. The first-order valence-electron chi connectivity index (χ1n) is 14.8. The number of nitrogens with zero attached hydrogens (tertiary/aromatic N) is 2. The monoisotopic (exact) mass is 627 g/mol. The second-order valence-electron chi connectivity index (χ2n) is 12.9. The highest BCUT2D eigenvalue weighted by atomic mass is 19.1. The van der Waals surface area contributed by atoms with Gasteiger partial charge in [-0.25, -0.2) is 18.6 Å². The Morgan fingerprint density at radius 2 is 1.69 bits per heavy atom. The minimum absolute atomic E-state index is 0.0374. The molecular weight excluding hydrogens is 584 g/mol. The molecule has 0 aliphatic carbocycles. The fourth-order valence-corrected chi connectivity index (χ4v) is 4.68. The number of aromatic nitrogens is 2. The van der Waals surface area contributed by atoms with Crippen molar-refractivity contribution in [1.82, 2.24) is 25.5 Å². The summed E-state index contributed by atoms with van der Waals surface area (Å²) >= 11 is 0. The van der Waals surface area contributed by atoms with Crippen molar-refractivity contribution in [3.8, 4) is 11.3 Å². The lowest BCUT2D eigenvalue weighted by molar-refractivity contribution is -0.137. The van der Waals surface area contributed by atoms with E-state index in [1.165, 1.54) is 0 Å². The van der Waals surface area contributed by atoms with Crippen LogP contribution in [-0.4, -0.2) is 57.4 Å². The number of imidazole rings is 1. The minimum atomic E-state index is -1.06. The Kier molecular flexibility index (Phi) is 11.8. The van der Waals surface area contributed by atoms with Gasteiger partial charge in [0, 0.05) is 24.8 Å². The van der Waals surface area contributed by atoms with Crippen molar-refractivity contribution in [3.05, 3.63) is 77.8 Å². The van der Waals surface area contributed by atoms with Gasteiger partial charge in [-0.05, 0) is 62.9 Å². The number of benzene rings is 2. The molecule has 2 amide bonds. The number of carboxylic acids is 1. The molecule has 12 heteroatoms. The number of hydrogen-bond donors (Lipinski definition) is 4. The highest BCUT2D eigenvalue weighted by Crippen LogP contribution is 2.35. The Morgan fingerprint density at radius 1 is 1.00 bits per heavy atom. The molecule has 0 aliphatic heterocycles. The number of halogens is 2. The van der Waals surface area contributed by atoms with E-state index in [0.717, 1.165) is 23.8 Å². The zero-order valence-electron chi connectivity index (χ0n) is 26.6. The molecule has 1 aromatic heterocycles. The maximum absolute atomic E-state index is 14.8. The average molecular weight is 628 g/mol. The van der Waals surface area contributed by atoms with Crippen LogP contribution >= 0.6 is 0 Å². The average Bonchev–Trinajstić information content (AvgIpc) is 3.32. The summed E-state index contributed by atoms with van der Waals surface area (Å²) in [5.74, 6) is -2.22. The van der Waals surface area contributed by atoms with Gasteiger partial charge < -0.3 is 30.4 Å². The van der Waals surface area contributed by atoms with E-state index >= 15 is 0 Å². The standard InChI is InChI=1S/C33H43F2N5O5/c1-32(2,3)28(36-16-14-25(30(43)37-17-15-27(41)42)39-31(44)45-33(4,5)6)29-38-26(23-18-22(34)12-13-24(23)35)20-40(29)19-21-10-8-7-9-11-21/h7-13,18,20,25,28,36H,14-17,19H2,1-6H3,(H,37,43)(H,39,44)(H,41,42)/t25-,28-/m0/s1. The van der Waals surface area contributed by atoms with Crippen molar-refractivity contribution >= 4 is 18.0 Å². The van der Waals surface area contributed by atoms with Crippen molar-refractivity contribution < 1.29 is 33.0 Å². The lowest BCUT2D eigenvalue weighted by atomic mass is 9.86. The molecule has 0 saturated heterocycles. The molecule has 3 rings (SSSR count). The van der Waals surface area contributed by atoms with Crippen molar-refractivity contribution in [2.75, 3.05) is 13.1 Å². The number of amides is 2. The van der Waals surface area contributed by atoms with E-state index in [1.807, 2.05) is 55.7 Å². The summed E-state index contributed by atoms with van der Waals surface area (Å²) in [6.07, 6.45) is 0.778. The molecule has 2 aromatic carbocycles. The number of carbonyl (C=O) groups is 3. The third-order valence-corrected chi connectivity index (χ3v) is 6.76. The SMILES string of the molecule is CC(C)(C)OC(=O)N[C@@H](CCN[C@@H](c1nc(-c2cc(F)ccc2F)cn1Cc1ccccc1)C(C)(C)C)C(=O)NCCC(=O)O. The van der Waals surface area contributed by atoms with Crippen LogP contribution in [0.25, 0.3) is 11.3 Å². The molecule has 0 radical (unpaired) electrons. The van der Waals surface area contributed by atoms with Gasteiger partial charge in [0.05, 0.1) is 18.2 Å². The molecule has 0 aliphatic rings. The highest BCUT2D eigenvalue weighted by molar-refractivity contribution is 5.86. The van der Waals surface area contributed by atoms with E-state index in [9.17, 15) is 23.2 Å². The van der Waals surface area contributed by atoms with Gasteiger partial charge in [0.15, 0.2) is 0 Å². The lowest BCUT2D eigenvalue weighted by Gasteiger charge is -2.32. The summed E-state index contributed by atoms with van der Waals surface area (Å²) in [4.78, 5) is 41.2. The van der Waals surface area contributed by atoms with Crippen LogP contribution in [0.4, 0.5) is 13.6 Å². The fourth-order valence-electron chi connectivity index (χ4n) is 4.68. The molecule has 3 aromatic rings. The molecular formula is C33H43F2N5O5. The Hall–Kier alpha value is -4.32. The van der Waals surface area contributed by atoms with Crippen LogP contribution in [0.5, 0.6) is 0 Å². The van der Waals surface area contributed by atoms with Crippen LogP contribution in [0.15, 0.2) is 54.7 Å². The van der Waals surface area contributed by atoms with Crippen molar-refractivity contribution in [2.45, 2.75) is 78.6 Å². The summed E-state index contributed by atoms with van der Waals surface area (Å²) in [6.45, 7) is 11.7. The van der Waals surface area contributed by atoms with E-state index in [-0.39, 0.29) is 37.2 Å². The molecule has 0 saturated carbocycles. The van der Waals surface area contributed by atoms with Gasteiger partial charge in [-0.1, -0.05) is 51.1 Å². The quantitative estimate of drug-likeness (QED) is 0.199. The molecule has 1 heterocycles. The van der Waals surface area contributed by atoms with Crippen LogP contribution in [0.3, 0.4) is 0 Å². The van der Waals surface area contributed by atoms with Gasteiger partial charge in [-0.2, -0.15) is 0 Å². The van der Waals surface area contributed by atoms with Gasteiger partial charge in [-0.15, -0.1) is 0 Å². The minimum Gasteiger partial charge on any atom is -0.481 e. The lowest BCUT2D eigenvalue weighted by Crippen LogP contribution is -2.50. The molecule has 10 nitrogen and oxygen atoms in total. The Balaban J connectivity index is 1.90.